The fraction of sp³-hybridized carbons (Fsp3) is 0.250. The first-order valence-corrected chi connectivity index (χ1v) is 5.84. The molecule has 7 nitrogen and oxygen atoms in total. The average molecular weight is 261 g/mol. The van der Waals surface area contributed by atoms with E-state index in [0.29, 0.717) is 29.9 Å². The summed E-state index contributed by atoms with van der Waals surface area (Å²) in [5.74, 6) is -0.436. The zero-order valence-electron chi connectivity index (χ0n) is 10.5. The summed E-state index contributed by atoms with van der Waals surface area (Å²) in [5, 5.41) is 12.7. The number of carbonyl (C=O) groups is 2. The van der Waals surface area contributed by atoms with Gasteiger partial charge in [0.15, 0.2) is 5.69 Å². The number of anilines is 1. The summed E-state index contributed by atoms with van der Waals surface area (Å²) in [6, 6.07) is 5.20. The van der Waals surface area contributed by atoms with Crippen LogP contribution in [-0.4, -0.2) is 35.1 Å². The predicted octanol–water partition coefficient (Wildman–Crippen LogP) is 0.0110. The monoisotopic (exact) mass is 261 g/mol. The number of amides is 2. The number of nitrogens with one attached hydrogen (secondary N) is 3. The molecule has 7 heteroatoms. The number of hydrogen-bond donors (Lipinski definition) is 4. The van der Waals surface area contributed by atoms with Crippen LogP contribution in [0.25, 0.3) is 10.9 Å². The molecule has 0 radical (unpaired) electrons. The third-order valence-electron chi connectivity index (χ3n) is 2.59. The number of aromatic nitrogens is 2. The minimum atomic E-state index is -0.304. The first-order valence-electron chi connectivity index (χ1n) is 5.84. The molecule has 2 rings (SSSR count). The predicted molar refractivity (Wildman–Crippen MR) is 71.5 cm³/mol. The Labute approximate surface area is 109 Å². The Morgan fingerprint density at radius 3 is 2.79 bits per heavy atom. The second-order valence-electron chi connectivity index (χ2n) is 4.12. The molecule has 0 spiro atoms. The molecule has 0 aliphatic carbocycles. The molecule has 0 unspecified atom stereocenters. The highest BCUT2D eigenvalue weighted by atomic mass is 16.2. The first-order chi connectivity index (χ1) is 9.08. The zero-order chi connectivity index (χ0) is 13.8. The van der Waals surface area contributed by atoms with E-state index in [9.17, 15) is 9.59 Å². The van der Waals surface area contributed by atoms with Crippen LogP contribution in [0.15, 0.2) is 18.2 Å². The molecule has 0 bridgehead atoms. The van der Waals surface area contributed by atoms with E-state index in [-0.39, 0.29) is 11.8 Å². The van der Waals surface area contributed by atoms with Gasteiger partial charge in [0.25, 0.3) is 5.91 Å². The van der Waals surface area contributed by atoms with Gasteiger partial charge < -0.3 is 16.4 Å². The molecule has 0 fully saturated rings. The third-order valence-corrected chi connectivity index (χ3v) is 2.59. The Kier molecular flexibility index (Phi) is 3.65. The Morgan fingerprint density at radius 1 is 1.32 bits per heavy atom. The first kappa shape index (κ1) is 12.9. The fourth-order valence-electron chi connectivity index (χ4n) is 1.70. The van der Waals surface area contributed by atoms with Gasteiger partial charge in [-0.2, -0.15) is 5.10 Å². The van der Waals surface area contributed by atoms with E-state index in [1.807, 2.05) is 0 Å². The highest BCUT2D eigenvalue weighted by Gasteiger charge is 2.13. The molecule has 0 saturated carbocycles. The summed E-state index contributed by atoms with van der Waals surface area (Å²) in [6.45, 7) is 2.15. The van der Waals surface area contributed by atoms with Gasteiger partial charge in [-0.05, 0) is 18.2 Å². The molecule has 2 aromatic rings. The quantitative estimate of drug-likeness (QED) is 0.458. The highest BCUT2D eigenvalue weighted by Crippen LogP contribution is 2.18. The minimum absolute atomic E-state index is 0.132. The molecule has 5 N–H and O–H groups in total. The van der Waals surface area contributed by atoms with Crippen molar-refractivity contribution in [3.63, 3.8) is 0 Å². The lowest BCUT2D eigenvalue weighted by Crippen LogP contribution is -2.33. The molecular weight excluding hydrogens is 246 g/mol. The molecule has 0 aliphatic heterocycles. The van der Waals surface area contributed by atoms with Gasteiger partial charge in [-0.1, -0.05) is 0 Å². The van der Waals surface area contributed by atoms with Gasteiger partial charge in [0, 0.05) is 31.1 Å². The lowest BCUT2D eigenvalue weighted by atomic mass is 10.2. The molecule has 2 amide bonds. The smallest absolute Gasteiger partial charge is 0.272 e. The van der Waals surface area contributed by atoms with Crippen LogP contribution < -0.4 is 16.4 Å². The number of H-pyrrole nitrogens is 1. The Bertz CT molecular complexity index is 620. The summed E-state index contributed by atoms with van der Waals surface area (Å²) in [6.07, 6.45) is 0. The minimum Gasteiger partial charge on any atom is -0.399 e. The molecule has 0 aliphatic rings. The number of benzene rings is 1. The van der Waals surface area contributed by atoms with Crippen molar-refractivity contribution in [2.75, 3.05) is 18.8 Å². The maximum atomic E-state index is 11.9. The number of rotatable bonds is 4. The van der Waals surface area contributed by atoms with Crippen molar-refractivity contribution in [2.45, 2.75) is 6.92 Å². The summed E-state index contributed by atoms with van der Waals surface area (Å²) >= 11 is 0. The van der Waals surface area contributed by atoms with Crippen molar-refractivity contribution in [1.82, 2.24) is 20.8 Å². The van der Waals surface area contributed by atoms with Crippen molar-refractivity contribution >= 4 is 28.4 Å². The van der Waals surface area contributed by atoms with Crippen molar-refractivity contribution in [2.24, 2.45) is 0 Å². The lowest BCUT2D eigenvalue weighted by Gasteiger charge is -2.04. The summed E-state index contributed by atoms with van der Waals surface area (Å²) in [4.78, 5) is 22.6. The van der Waals surface area contributed by atoms with E-state index < -0.39 is 0 Å². The Morgan fingerprint density at radius 2 is 2.05 bits per heavy atom. The summed E-state index contributed by atoms with van der Waals surface area (Å²) in [7, 11) is 0. The van der Waals surface area contributed by atoms with Crippen molar-refractivity contribution < 1.29 is 9.59 Å². The maximum Gasteiger partial charge on any atom is 0.272 e. The molecule has 1 heterocycles. The number of carbonyl (C=O) groups excluding carboxylic acids is 2. The number of nitrogens with zero attached hydrogens (tertiary/aromatic N) is 1. The SMILES string of the molecule is CC(=O)NCCNC(=O)c1n[nH]c2ccc(N)cc12. The van der Waals surface area contributed by atoms with Crippen LogP contribution >= 0.6 is 0 Å². The molecule has 19 heavy (non-hydrogen) atoms. The standard InChI is InChI=1S/C12H15N5O2/c1-7(18)14-4-5-15-12(19)11-9-6-8(13)2-3-10(9)16-17-11/h2-3,6H,4-5,13H2,1H3,(H,14,18)(H,15,19)(H,16,17). The van der Waals surface area contributed by atoms with Gasteiger partial charge in [0.2, 0.25) is 5.91 Å². The molecule has 0 saturated heterocycles. The molecule has 100 valence electrons. The van der Waals surface area contributed by atoms with Gasteiger partial charge >= 0.3 is 0 Å². The summed E-state index contributed by atoms with van der Waals surface area (Å²) in [5.41, 5.74) is 7.30. The zero-order valence-corrected chi connectivity index (χ0v) is 10.5. The van der Waals surface area contributed by atoms with E-state index in [1.165, 1.54) is 6.92 Å². The second-order valence-corrected chi connectivity index (χ2v) is 4.12. The van der Waals surface area contributed by atoms with Crippen LogP contribution in [0, 0.1) is 0 Å². The second kappa shape index (κ2) is 5.38. The molecular formula is C12H15N5O2. The van der Waals surface area contributed by atoms with E-state index in [0.717, 1.165) is 5.52 Å². The Hall–Kier alpha value is -2.57. The average Bonchev–Trinajstić information content (AvgIpc) is 2.77. The summed E-state index contributed by atoms with van der Waals surface area (Å²) < 4.78 is 0. The Balaban J connectivity index is 2.05. The fourth-order valence-corrected chi connectivity index (χ4v) is 1.70. The van der Waals surface area contributed by atoms with Crippen LogP contribution in [-0.2, 0) is 4.79 Å². The number of nitrogen functional groups attached to an aromatic ring is 1. The highest BCUT2D eigenvalue weighted by molar-refractivity contribution is 6.05. The normalized spacial score (nSPS) is 10.4. The number of nitrogens with two attached hydrogens (primary N) is 1. The van der Waals surface area contributed by atoms with Crippen LogP contribution in [0.2, 0.25) is 0 Å². The molecule has 1 aromatic carbocycles. The van der Waals surface area contributed by atoms with E-state index in [4.69, 9.17) is 5.73 Å². The van der Waals surface area contributed by atoms with Gasteiger partial charge in [0.05, 0.1) is 5.52 Å². The third kappa shape index (κ3) is 3.01. The van der Waals surface area contributed by atoms with Crippen molar-refractivity contribution in [1.29, 1.82) is 0 Å². The maximum absolute atomic E-state index is 11.9. The molecule has 1 aromatic heterocycles. The van der Waals surface area contributed by atoms with E-state index in [1.54, 1.807) is 18.2 Å². The van der Waals surface area contributed by atoms with Crippen LogP contribution in [0.4, 0.5) is 5.69 Å². The largest absolute Gasteiger partial charge is 0.399 e. The number of hydrogen-bond acceptors (Lipinski definition) is 4. The molecule has 0 atom stereocenters. The van der Waals surface area contributed by atoms with Crippen LogP contribution in [0.1, 0.15) is 17.4 Å². The van der Waals surface area contributed by atoms with Gasteiger partial charge in [0.1, 0.15) is 0 Å². The van der Waals surface area contributed by atoms with E-state index >= 15 is 0 Å². The van der Waals surface area contributed by atoms with Gasteiger partial charge in [-0.15, -0.1) is 0 Å². The van der Waals surface area contributed by atoms with Crippen LogP contribution in [0.3, 0.4) is 0 Å². The van der Waals surface area contributed by atoms with Crippen molar-refractivity contribution in [3.8, 4) is 0 Å². The van der Waals surface area contributed by atoms with Gasteiger partial charge in [-0.3, -0.25) is 14.7 Å². The van der Waals surface area contributed by atoms with Crippen molar-refractivity contribution in [3.05, 3.63) is 23.9 Å². The van der Waals surface area contributed by atoms with Crippen LogP contribution in [0.5, 0.6) is 0 Å². The number of aromatic amines is 1. The topological polar surface area (TPSA) is 113 Å². The lowest BCUT2D eigenvalue weighted by molar-refractivity contribution is -0.118. The van der Waals surface area contributed by atoms with E-state index in [2.05, 4.69) is 20.8 Å². The number of fused-ring (bicyclic) bond motifs is 1. The van der Waals surface area contributed by atoms with Gasteiger partial charge in [-0.25, -0.2) is 0 Å².